The molecule has 0 spiro atoms. The average molecular weight is 338 g/mol. The van der Waals surface area contributed by atoms with Gasteiger partial charge in [0, 0.05) is 24.0 Å². The van der Waals surface area contributed by atoms with Gasteiger partial charge >= 0.3 is 0 Å². The van der Waals surface area contributed by atoms with E-state index in [-0.39, 0.29) is 5.72 Å². The molecule has 1 aromatic rings. The first kappa shape index (κ1) is 14.6. The maximum atomic E-state index is 6.49. The van der Waals surface area contributed by atoms with Crippen LogP contribution >= 0.6 is 15.9 Å². The van der Waals surface area contributed by atoms with Crippen LogP contribution in [0.2, 0.25) is 0 Å². The molecule has 0 saturated carbocycles. The molecule has 20 heavy (non-hydrogen) atoms. The van der Waals surface area contributed by atoms with E-state index in [4.69, 9.17) is 4.74 Å². The lowest BCUT2D eigenvalue weighted by molar-refractivity contribution is -0.169. The molecule has 1 aliphatic heterocycles. The highest BCUT2D eigenvalue weighted by Gasteiger charge is 2.44. The van der Waals surface area contributed by atoms with E-state index in [2.05, 4.69) is 45.1 Å². The summed E-state index contributed by atoms with van der Waals surface area (Å²) < 4.78 is 6.49. The zero-order valence-corrected chi connectivity index (χ0v) is 13.7. The monoisotopic (exact) mass is 337 g/mol. The first-order valence-electron chi connectivity index (χ1n) is 7.90. The third-order valence-electron chi connectivity index (χ3n) is 4.66. The van der Waals surface area contributed by atoms with Crippen LogP contribution in [0, 0.1) is 0 Å². The van der Waals surface area contributed by atoms with Crippen LogP contribution < -0.4 is 0 Å². The van der Waals surface area contributed by atoms with E-state index in [0.717, 1.165) is 31.2 Å². The number of rotatable bonds is 5. The fraction of sp³-hybridized carbons (Fsp3) is 0.647. The molecular formula is C17H24BrNO. The summed E-state index contributed by atoms with van der Waals surface area (Å²) in [5.74, 6) is 0. The Morgan fingerprint density at radius 1 is 1.15 bits per heavy atom. The van der Waals surface area contributed by atoms with Crippen molar-refractivity contribution < 1.29 is 4.74 Å². The van der Waals surface area contributed by atoms with Gasteiger partial charge < -0.3 is 4.74 Å². The summed E-state index contributed by atoms with van der Waals surface area (Å²) in [6.07, 6.45) is 7.35. The van der Waals surface area contributed by atoms with Crippen LogP contribution in [0.25, 0.3) is 0 Å². The van der Waals surface area contributed by atoms with Gasteiger partial charge in [0.1, 0.15) is 5.72 Å². The molecular weight excluding hydrogens is 314 g/mol. The second kappa shape index (κ2) is 6.59. The lowest BCUT2D eigenvalue weighted by Gasteiger charge is -2.44. The van der Waals surface area contributed by atoms with E-state index in [0.29, 0.717) is 0 Å². The molecule has 0 N–H and O–H groups in total. The molecule has 0 radical (unpaired) electrons. The van der Waals surface area contributed by atoms with Crippen LogP contribution in [-0.2, 0) is 16.9 Å². The van der Waals surface area contributed by atoms with E-state index in [1.165, 1.54) is 43.5 Å². The summed E-state index contributed by atoms with van der Waals surface area (Å²) in [4.78, 5) is 2.61. The number of fused-ring (bicyclic) bond motifs is 1. The van der Waals surface area contributed by atoms with Gasteiger partial charge in [0.15, 0.2) is 0 Å². The lowest BCUT2D eigenvalue weighted by atomic mass is 9.99. The normalized spacial score (nSPS) is 26.6. The first-order chi connectivity index (χ1) is 9.87. The van der Waals surface area contributed by atoms with E-state index in [1.807, 2.05) is 0 Å². The predicted molar refractivity (Wildman–Crippen MR) is 86.2 cm³/mol. The molecule has 1 saturated heterocycles. The van der Waals surface area contributed by atoms with Crippen LogP contribution in [0.3, 0.4) is 0 Å². The Balaban J connectivity index is 1.88. The number of benzene rings is 1. The van der Waals surface area contributed by atoms with E-state index >= 15 is 0 Å². The van der Waals surface area contributed by atoms with Crippen molar-refractivity contribution in [3.8, 4) is 0 Å². The zero-order chi connectivity index (χ0) is 13.8. The van der Waals surface area contributed by atoms with Crippen molar-refractivity contribution in [2.75, 3.05) is 25.0 Å². The largest absolute Gasteiger partial charge is 0.356 e. The second-order valence-corrected chi connectivity index (χ2v) is 6.67. The van der Waals surface area contributed by atoms with Crippen molar-refractivity contribution in [3.05, 3.63) is 35.4 Å². The van der Waals surface area contributed by atoms with Gasteiger partial charge in [-0.3, -0.25) is 4.90 Å². The van der Waals surface area contributed by atoms with Gasteiger partial charge in [-0.1, -0.05) is 46.6 Å². The van der Waals surface area contributed by atoms with E-state index in [9.17, 15) is 0 Å². The van der Waals surface area contributed by atoms with Crippen LogP contribution in [0.15, 0.2) is 24.3 Å². The summed E-state index contributed by atoms with van der Waals surface area (Å²) in [5, 5.41) is 1.02. The third-order valence-corrected chi connectivity index (χ3v) is 5.22. The highest BCUT2D eigenvalue weighted by atomic mass is 79.9. The quantitative estimate of drug-likeness (QED) is 0.593. The topological polar surface area (TPSA) is 12.5 Å². The van der Waals surface area contributed by atoms with Gasteiger partial charge in [-0.2, -0.15) is 0 Å². The number of likely N-dealkylation sites (tertiary alicyclic amines) is 1. The number of hydrogen-bond donors (Lipinski definition) is 0. The predicted octanol–water partition coefficient (Wildman–Crippen LogP) is 4.07. The number of aryl methyl sites for hydroxylation is 1. The highest BCUT2D eigenvalue weighted by Crippen LogP contribution is 2.43. The molecule has 110 valence electrons. The molecule has 0 amide bonds. The SMILES string of the molecule is BrCCCOC1(N2CCCCC2)CCc2ccccc21. The molecule has 0 aromatic heterocycles. The van der Waals surface area contributed by atoms with Crippen LogP contribution in [0.5, 0.6) is 0 Å². The van der Waals surface area contributed by atoms with Crippen LogP contribution in [0.4, 0.5) is 0 Å². The second-order valence-electron chi connectivity index (χ2n) is 5.88. The minimum atomic E-state index is -0.140. The first-order valence-corrected chi connectivity index (χ1v) is 9.02. The summed E-state index contributed by atoms with van der Waals surface area (Å²) in [6.45, 7) is 3.21. The van der Waals surface area contributed by atoms with Gasteiger partial charge in [0.05, 0.1) is 6.61 Å². The smallest absolute Gasteiger partial charge is 0.148 e. The minimum absolute atomic E-state index is 0.140. The Labute approximate surface area is 130 Å². The Morgan fingerprint density at radius 2 is 1.95 bits per heavy atom. The molecule has 1 atom stereocenters. The van der Waals surface area contributed by atoms with Crippen molar-refractivity contribution in [1.82, 2.24) is 4.90 Å². The zero-order valence-electron chi connectivity index (χ0n) is 12.1. The van der Waals surface area contributed by atoms with Crippen LogP contribution in [-0.4, -0.2) is 29.9 Å². The van der Waals surface area contributed by atoms with E-state index in [1.54, 1.807) is 0 Å². The van der Waals surface area contributed by atoms with Gasteiger partial charge in [0.2, 0.25) is 0 Å². The van der Waals surface area contributed by atoms with Gasteiger partial charge in [-0.15, -0.1) is 0 Å². The number of nitrogens with zero attached hydrogens (tertiary/aromatic N) is 1. The van der Waals surface area contributed by atoms with Gasteiger partial charge in [-0.05, 0) is 37.7 Å². The molecule has 1 aromatic carbocycles. The molecule has 1 aliphatic carbocycles. The van der Waals surface area contributed by atoms with Crippen molar-refractivity contribution in [2.45, 2.75) is 44.2 Å². The van der Waals surface area contributed by atoms with Crippen molar-refractivity contribution in [1.29, 1.82) is 0 Å². The number of alkyl halides is 1. The molecule has 0 bridgehead atoms. The summed E-state index contributed by atoms with van der Waals surface area (Å²) >= 11 is 3.51. The van der Waals surface area contributed by atoms with Crippen LogP contribution in [0.1, 0.15) is 43.2 Å². The Morgan fingerprint density at radius 3 is 2.75 bits per heavy atom. The van der Waals surface area contributed by atoms with E-state index < -0.39 is 0 Å². The molecule has 1 heterocycles. The molecule has 3 heteroatoms. The van der Waals surface area contributed by atoms with Gasteiger partial charge in [0.25, 0.3) is 0 Å². The maximum Gasteiger partial charge on any atom is 0.148 e. The molecule has 1 unspecified atom stereocenters. The summed E-state index contributed by atoms with van der Waals surface area (Å²) in [7, 11) is 0. The van der Waals surface area contributed by atoms with Crippen molar-refractivity contribution in [3.63, 3.8) is 0 Å². The fourth-order valence-electron chi connectivity index (χ4n) is 3.68. The number of piperidine rings is 1. The third kappa shape index (κ3) is 2.68. The number of hydrogen-bond acceptors (Lipinski definition) is 2. The number of halogens is 1. The molecule has 1 fully saturated rings. The standard InChI is InChI=1S/C17H24BrNO/c18-11-6-14-20-17(19-12-4-1-5-13-19)10-9-15-7-2-3-8-16(15)17/h2-3,7-8H,1,4-6,9-14H2. The van der Waals surface area contributed by atoms with Crippen molar-refractivity contribution >= 4 is 15.9 Å². The average Bonchev–Trinajstić information content (AvgIpc) is 2.89. The molecule has 2 aliphatic rings. The Hall–Kier alpha value is -0.380. The number of ether oxygens (including phenoxy) is 1. The lowest BCUT2D eigenvalue weighted by Crippen LogP contribution is -2.49. The molecule has 3 rings (SSSR count). The van der Waals surface area contributed by atoms with Gasteiger partial charge in [-0.25, -0.2) is 0 Å². The maximum absolute atomic E-state index is 6.49. The summed E-state index contributed by atoms with van der Waals surface area (Å²) in [5.41, 5.74) is 2.77. The minimum Gasteiger partial charge on any atom is -0.356 e. The Bertz CT molecular complexity index is 444. The summed E-state index contributed by atoms with van der Waals surface area (Å²) in [6, 6.07) is 8.88. The molecule has 2 nitrogen and oxygen atoms in total. The fourth-order valence-corrected chi connectivity index (χ4v) is 3.91. The Kier molecular flexibility index (Phi) is 4.79. The highest BCUT2D eigenvalue weighted by molar-refractivity contribution is 9.09. The van der Waals surface area contributed by atoms with Crippen molar-refractivity contribution in [2.24, 2.45) is 0 Å².